The second-order valence-corrected chi connectivity index (χ2v) is 4.70. The number of nitrogens with one attached hydrogen (secondary N) is 1. The molecule has 0 aliphatic carbocycles. The number of hydrogen-bond donors (Lipinski definition) is 1. The SMILES string of the molecule is CCNCC1CCC(COCC(C)C)O1. The molecule has 0 bridgehead atoms. The van der Waals surface area contributed by atoms with E-state index in [4.69, 9.17) is 9.47 Å². The molecule has 1 rings (SSSR count). The molecule has 0 spiro atoms. The normalized spacial score (nSPS) is 26.4. The lowest BCUT2D eigenvalue weighted by Gasteiger charge is -2.14. The van der Waals surface area contributed by atoms with Crippen LogP contribution in [0.4, 0.5) is 0 Å². The van der Waals surface area contributed by atoms with Crippen molar-refractivity contribution < 1.29 is 9.47 Å². The summed E-state index contributed by atoms with van der Waals surface area (Å²) >= 11 is 0. The summed E-state index contributed by atoms with van der Waals surface area (Å²) in [5.41, 5.74) is 0. The quantitative estimate of drug-likeness (QED) is 0.702. The van der Waals surface area contributed by atoms with Crippen molar-refractivity contribution in [1.82, 2.24) is 5.32 Å². The van der Waals surface area contributed by atoms with Crippen molar-refractivity contribution in [3.63, 3.8) is 0 Å². The van der Waals surface area contributed by atoms with Gasteiger partial charge in [0, 0.05) is 13.2 Å². The zero-order valence-corrected chi connectivity index (χ0v) is 10.3. The van der Waals surface area contributed by atoms with Crippen molar-refractivity contribution in [1.29, 1.82) is 0 Å². The van der Waals surface area contributed by atoms with Crippen LogP contribution >= 0.6 is 0 Å². The van der Waals surface area contributed by atoms with Crippen LogP contribution in [0.1, 0.15) is 33.6 Å². The molecule has 1 aliphatic rings. The molecule has 1 fully saturated rings. The molecule has 3 nitrogen and oxygen atoms in total. The molecular weight excluding hydrogens is 190 g/mol. The van der Waals surface area contributed by atoms with Gasteiger partial charge in [-0.15, -0.1) is 0 Å². The molecule has 1 aliphatic heterocycles. The third-order valence-corrected chi connectivity index (χ3v) is 2.57. The first-order valence-corrected chi connectivity index (χ1v) is 6.16. The molecule has 0 aromatic carbocycles. The molecule has 0 radical (unpaired) electrons. The lowest BCUT2D eigenvalue weighted by molar-refractivity contribution is -0.0195. The van der Waals surface area contributed by atoms with E-state index < -0.39 is 0 Å². The van der Waals surface area contributed by atoms with Crippen LogP contribution in [-0.2, 0) is 9.47 Å². The van der Waals surface area contributed by atoms with Crippen molar-refractivity contribution in [2.75, 3.05) is 26.3 Å². The van der Waals surface area contributed by atoms with Gasteiger partial charge in [0.2, 0.25) is 0 Å². The van der Waals surface area contributed by atoms with Crippen molar-refractivity contribution in [3.8, 4) is 0 Å². The smallest absolute Gasteiger partial charge is 0.0813 e. The molecule has 0 amide bonds. The maximum absolute atomic E-state index is 5.86. The minimum atomic E-state index is 0.326. The minimum Gasteiger partial charge on any atom is -0.378 e. The Morgan fingerprint density at radius 3 is 2.73 bits per heavy atom. The molecule has 90 valence electrons. The summed E-state index contributed by atoms with van der Waals surface area (Å²) in [5.74, 6) is 0.615. The van der Waals surface area contributed by atoms with Gasteiger partial charge in [0.15, 0.2) is 0 Å². The van der Waals surface area contributed by atoms with Crippen molar-refractivity contribution in [3.05, 3.63) is 0 Å². The number of rotatable bonds is 7. The zero-order chi connectivity index (χ0) is 11.1. The molecular formula is C12H25NO2. The van der Waals surface area contributed by atoms with Gasteiger partial charge >= 0.3 is 0 Å². The Morgan fingerprint density at radius 1 is 1.33 bits per heavy atom. The second kappa shape index (κ2) is 7.20. The maximum atomic E-state index is 5.86. The first-order valence-electron chi connectivity index (χ1n) is 6.16. The first kappa shape index (κ1) is 12.9. The van der Waals surface area contributed by atoms with Crippen LogP contribution < -0.4 is 5.32 Å². The van der Waals surface area contributed by atoms with Crippen LogP contribution in [0, 0.1) is 5.92 Å². The third-order valence-electron chi connectivity index (χ3n) is 2.57. The van der Waals surface area contributed by atoms with Gasteiger partial charge in [-0.3, -0.25) is 0 Å². The topological polar surface area (TPSA) is 30.5 Å². The monoisotopic (exact) mass is 215 g/mol. The summed E-state index contributed by atoms with van der Waals surface area (Å²) < 4.78 is 11.4. The molecule has 0 aromatic heterocycles. The number of ether oxygens (including phenoxy) is 2. The van der Waals surface area contributed by atoms with E-state index in [9.17, 15) is 0 Å². The van der Waals surface area contributed by atoms with Crippen molar-refractivity contribution >= 4 is 0 Å². The summed E-state index contributed by atoms with van der Waals surface area (Å²) in [4.78, 5) is 0. The Morgan fingerprint density at radius 2 is 2.07 bits per heavy atom. The summed E-state index contributed by atoms with van der Waals surface area (Å²) in [7, 11) is 0. The Kier molecular flexibility index (Phi) is 6.22. The first-order chi connectivity index (χ1) is 7.22. The summed E-state index contributed by atoms with van der Waals surface area (Å²) in [5, 5.41) is 3.32. The van der Waals surface area contributed by atoms with Crippen LogP contribution in [0.15, 0.2) is 0 Å². The highest BCUT2D eigenvalue weighted by atomic mass is 16.5. The largest absolute Gasteiger partial charge is 0.378 e. The van der Waals surface area contributed by atoms with Gasteiger partial charge in [0.05, 0.1) is 18.8 Å². The average molecular weight is 215 g/mol. The Hall–Kier alpha value is -0.120. The van der Waals surface area contributed by atoms with Gasteiger partial charge in [-0.2, -0.15) is 0 Å². The fraction of sp³-hybridized carbons (Fsp3) is 1.00. The van der Waals surface area contributed by atoms with E-state index in [1.807, 2.05) is 0 Å². The molecule has 1 heterocycles. The molecule has 1 saturated heterocycles. The van der Waals surface area contributed by atoms with E-state index in [0.29, 0.717) is 18.1 Å². The lowest BCUT2D eigenvalue weighted by atomic mass is 10.2. The predicted octanol–water partition coefficient (Wildman–Crippen LogP) is 1.82. The highest BCUT2D eigenvalue weighted by Crippen LogP contribution is 2.19. The highest BCUT2D eigenvalue weighted by molar-refractivity contribution is 4.74. The summed E-state index contributed by atoms with van der Waals surface area (Å²) in [6.45, 7) is 10.1. The van der Waals surface area contributed by atoms with E-state index in [1.165, 1.54) is 6.42 Å². The van der Waals surface area contributed by atoms with Crippen molar-refractivity contribution in [2.45, 2.75) is 45.8 Å². The average Bonchev–Trinajstić information content (AvgIpc) is 2.62. The van der Waals surface area contributed by atoms with E-state index in [0.717, 1.165) is 32.7 Å². The van der Waals surface area contributed by atoms with Crippen LogP contribution in [-0.4, -0.2) is 38.5 Å². The van der Waals surface area contributed by atoms with Gasteiger partial charge in [0.1, 0.15) is 0 Å². The van der Waals surface area contributed by atoms with Crippen LogP contribution in [0.3, 0.4) is 0 Å². The molecule has 0 aromatic rings. The predicted molar refractivity (Wildman–Crippen MR) is 62.1 cm³/mol. The standard InChI is InChI=1S/C12H25NO2/c1-4-13-7-11-5-6-12(15-11)9-14-8-10(2)3/h10-13H,4-9H2,1-3H3. The van der Waals surface area contributed by atoms with Crippen LogP contribution in [0.25, 0.3) is 0 Å². The molecule has 15 heavy (non-hydrogen) atoms. The zero-order valence-electron chi connectivity index (χ0n) is 10.3. The maximum Gasteiger partial charge on any atom is 0.0813 e. The lowest BCUT2D eigenvalue weighted by Crippen LogP contribution is -2.27. The van der Waals surface area contributed by atoms with Gasteiger partial charge in [0.25, 0.3) is 0 Å². The molecule has 2 atom stereocenters. The van der Waals surface area contributed by atoms with Gasteiger partial charge < -0.3 is 14.8 Å². The Bertz CT molecular complexity index is 162. The van der Waals surface area contributed by atoms with Gasteiger partial charge in [-0.05, 0) is 25.3 Å². The second-order valence-electron chi connectivity index (χ2n) is 4.70. The number of likely N-dealkylation sites (N-methyl/N-ethyl adjacent to an activating group) is 1. The van der Waals surface area contributed by atoms with E-state index in [2.05, 4.69) is 26.1 Å². The molecule has 0 saturated carbocycles. The van der Waals surface area contributed by atoms with Gasteiger partial charge in [-0.25, -0.2) is 0 Å². The molecule has 3 heteroatoms. The molecule has 2 unspecified atom stereocenters. The van der Waals surface area contributed by atoms with Crippen LogP contribution in [0.5, 0.6) is 0 Å². The highest BCUT2D eigenvalue weighted by Gasteiger charge is 2.24. The Labute approximate surface area is 93.5 Å². The van der Waals surface area contributed by atoms with E-state index in [-0.39, 0.29) is 0 Å². The molecule has 1 N–H and O–H groups in total. The fourth-order valence-corrected chi connectivity index (χ4v) is 1.79. The number of hydrogen-bond acceptors (Lipinski definition) is 3. The summed E-state index contributed by atoms with van der Waals surface area (Å²) in [6.07, 6.45) is 3.04. The summed E-state index contributed by atoms with van der Waals surface area (Å²) in [6, 6.07) is 0. The van der Waals surface area contributed by atoms with E-state index >= 15 is 0 Å². The van der Waals surface area contributed by atoms with E-state index in [1.54, 1.807) is 0 Å². The third kappa shape index (κ3) is 5.50. The van der Waals surface area contributed by atoms with Gasteiger partial charge in [-0.1, -0.05) is 20.8 Å². The van der Waals surface area contributed by atoms with Crippen molar-refractivity contribution in [2.24, 2.45) is 5.92 Å². The van der Waals surface area contributed by atoms with Crippen LogP contribution in [0.2, 0.25) is 0 Å². The Balaban J connectivity index is 2.03. The fourth-order valence-electron chi connectivity index (χ4n) is 1.79. The minimum absolute atomic E-state index is 0.326.